The lowest BCUT2D eigenvalue weighted by molar-refractivity contribution is -0.384. The minimum absolute atomic E-state index is 0.00163. The molecule has 0 spiro atoms. The van der Waals surface area contributed by atoms with Gasteiger partial charge in [0.05, 0.1) is 15.9 Å². The molecule has 6 nitrogen and oxygen atoms in total. The van der Waals surface area contributed by atoms with Crippen LogP contribution in [0.25, 0.3) is 0 Å². The summed E-state index contributed by atoms with van der Waals surface area (Å²) in [5.41, 5.74) is 2.25. The molecule has 0 bridgehead atoms. The van der Waals surface area contributed by atoms with Crippen molar-refractivity contribution in [3.63, 3.8) is 0 Å². The number of hydrogen-bond acceptors (Lipinski definition) is 4. The number of non-ortho nitro benzene ring substituents is 1. The molecule has 0 radical (unpaired) electrons. The van der Waals surface area contributed by atoms with Crippen molar-refractivity contribution in [2.75, 3.05) is 0 Å². The Morgan fingerprint density at radius 1 is 1.12 bits per heavy atom. The van der Waals surface area contributed by atoms with Crippen LogP contribution in [0.2, 0.25) is 0 Å². The molecule has 2 atom stereocenters. The number of carbonyl (C=O) groups is 1. The highest BCUT2D eigenvalue weighted by atomic mass is 32.2. The molecule has 134 valence electrons. The Morgan fingerprint density at radius 2 is 1.77 bits per heavy atom. The highest BCUT2D eigenvalue weighted by molar-refractivity contribution is 7.83. The van der Waals surface area contributed by atoms with Gasteiger partial charge in [-0.2, -0.15) is 0 Å². The maximum absolute atomic E-state index is 12.7. The monoisotopic (exact) mass is 370 g/mol. The number of hydrogen-bond donors (Lipinski definition) is 1. The molecule has 0 saturated heterocycles. The maximum atomic E-state index is 12.7. The van der Waals surface area contributed by atoms with Gasteiger partial charge in [-0.05, 0) is 31.0 Å². The van der Waals surface area contributed by atoms with E-state index in [-0.39, 0.29) is 11.5 Å². The van der Waals surface area contributed by atoms with Crippen molar-refractivity contribution in [2.24, 2.45) is 0 Å². The van der Waals surface area contributed by atoms with Crippen molar-refractivity contribution in [1.29, 1.82) is 0 Å². The normalized spacial score (nSPS) is 16.2. The number of ketones is 1. The average molecular weight is 370 g/mol. The van der Waals surface area contributed by atoms with E-state index in [1.54, 1.807) is 24.3 Å². The standard InChI is InChI=1S/C19H18N2O4S/c1-13-5-11-16(12-6-13)26(25)20-19(17-3-2-4-18(17)22)14-7-9-15(10-8-14)21(23)24/h3,5-12,19-20H,2,4H2,1H3/t19-,26?/m0/s1. The lowest BCUT2D eigenvalue weighted by Crippen LogP contribution is -2.27. The van der Waals surface area contributed by atoms with Gasteiger partial charge in [-0.25, -0.2) is 8.93 Å². The molecule has 1 aliphatic carbocycles. The van der Waals surface area contributed by atoms with Crippen LogP contribution in [0.3, 0.4) is 0 Å². The fourth-order valence-electron chi connectivity index (χ4n) is 2.83. The van der Waals surface area contributed by atoms with Crippen molar-refractivity contribution in [2.45, 2.75) is 30.7 Å². The van der Waals surface area contributed by atoms with Crippen LogP contribution in [0.1, 0.15) is 30.0 Å². The molecule has 2 aromatic rings. The van der Waals surface area contributed by atoms with Gasteiger partial charge in [-0.1, -0.05) is 35.9 Å². The molecule has 0 fully saturated rings. The number of aryl methyl sites for hydroxylation is 1. The van der Waals surface area contributed by atoms with E-state index < -0.39 is 22.0 Å². The predicted octanol–water partition coefficient (Wildman–Crippen LogP) is 3.55. The van der Waals surface area contributed by atoms with E-state index in [0.29, 0.717) is 28.9 Å². The van der Waals surface area contributed by atoms with Gasteiger partial charge in [0.25, 0.3) is 5.69 Å². The number of nitro benzene ring substituents is 1. The molecule has 1 N–H and O–H groups in total. The Kier molecular flexibility index (Phi) is 5.39. The molecule has 0 aliphatic heterocycles. The van der Waals surface area contributed by atoms with Gasteiger partial charge >= 0.3 is 0 Å². The number of nitrogens with zero attached hydrogens (tertiary/aromatic N) is 1. The van der Waals surface area contributed by atoms with Gasteiger partial charge in [0, 0.05) is 24.1 Å². The minimum Gasteiger partial charge on any atom is -0.294 e. The molecule has 1 unspecified atom stereocenters. The number of carbonyl (C=O) groups excluding carboxylic acids is 1. The molecule has 0 heterocycles. The van der Waals surface area contributed by atoms with Crippen LogP contribution in [-0.4, -0.2) is 14.9 Å². The smallest absolute Gasteiger partial charge is 0.269 e. The summed E-state index contributed by atoms with van der Waals surface area (Å²) >= 11 is 0. The van der Waals surface area contributed by atoms with Gasteiger partial charge in [0.2, 0.25) is 0 Å². The first-order chi connectivity index (χ1) is 12.5. The molecule has 26 heavy (non-hydrogen) atoms. The number of benzene rings is 2. The van der Waals surface area contributed by atoms with Gasteiger partial charge in [0.15, 0.2) is 5.78 Å². The first-order valence-corrected chi connectivity index (χ1v) is 9.33. The van der Waals surface area contributed by atoms with E-state index >= 15 is 0 Å². The third-order valence-corrected chi connectivity index (χ3v) is 5.42. The van der Waals surface area contributed by atoms with Crippen molar-refractivity contribution >= 4 is 22.5 Å². The third-order valence-electron chi connectivity index (χ3n) is 4.27. The average Bonchev–Trinajstić information content (AvgIpc) is 3.06. The highest BCUT2D eigenvalue weighted by Crippen LogP contribution is 2.30. The van der Waals surface area contributed by atoms with Gasteiger partial charge < -0.3 is 0 Å². The number of nitro groups is 1. The summed E-state index contributed by atoms with van der Waals surface area (Å²) in [6, 6.07) is 12.7. The fraction of sp³-hybridized carbons (Fsp3) is 0.211. The molecular weight excluding hydrogens is 352 g/mol. The van der Waals surface area contributed by atoms with Crippen LogP contribution in [0.15, 0.2) is 65.1 Å². The zero-order valence-electron chi connectivity index (χ0n) is 14.2. The summed E-state index contributed by atoms with van der Waals surface area (Å²) in [5, 5.41) is 10.9. The van der Waals surface area contributed by atoms with Gasteiger partial charge in [-0.3, -0.25) is 14.9 Å². The second-order valence-corrected chi connectivity index (χ2v) is 7.35. The Morgan fingerprint density at radius 3 is 2.31 bits per heavy atom. The third kappa shape index (κ3) is 3.95. The van der Waals surface area contributed by atoms with Crippen LogP contribution in [0, 0.1) is 17.0 Å². The minimum atomic E-state index is -1.52. The molecule has 2 aromatic carbocycles. The number of allylic oxidation sites excluding steroid dienone is 1. The Hall–Kier alpha value is -2.64. The summed E-state index contributed by atoms with van der Waals surface area (Å²) in [4.78, 5) is 23.2. The van der Waals surface area contributed by atoms with E-state index in [0.717, 1.165) is 5.56 Å². The second kappa shape index (κ2) is 7.72. The molecule has 0 aromatic heterocycles. The largest absolute Gasteiger partial charge is 0.294 e. The van der Waals surface area contributed by atoms with Crippen LogP contribution < -0.4 is 4.72 Å². The summed E-state index contributed by atoms with van der Waals surface area (Å²) in [6.45, 7) is 1.95. The van der Waals surface area contributed by atoms with Crippen LogP contribution in [0.4, 0.5) is 5.69 Å². The molecule has 3 rings (SSSR count). The van der Waals surface area contributed by atoms with Crippen LogP contribution in [0.5, 0.6) is 0 Å². The first-order valence-electron chi connectivity index (χ1n) is 8.18. The van der Waals surface area contributed by atoms with Gasteiger partial charge in [-0.15, -0.1) is 0 Å². The van der Waals surface area contributed by atoms with E-state index in [4.69, 9.17) is 0 Å². The Labute approximate surface area is 153 Å². The SMILES string of the molecule is Cc1ccc(S(=O)N[C@H](C2=CCCC2=O)c2ccc([N+](=O)[O-])cc2)cc1. The number of rotatable bonds is 6. The number of nitrogens with one attached hydrogen (secondary N) is 1. The van der Waals surface area contributed by atoms with Crippen LogP contribution >= 0.6 is 0 Å². The summed E-state index contributed by atoms with van der Waals surface area (Å²) < 4.78 is 15.7. The van der Waals surface area contributed by atoms with Crippen molar-refractivity contribution in [1.82, 2.24) is 4.72 Å². The van der Waals surface area contributed by atoms with Gasteiger partial charge in [0.1, 0.15) is 11.0 Å². The second-order valence-electron chi connectivity index (χ2n) is 6.10. The van der Waals surface area contributed by atoms with E-state index in [2.05, 4.69) is 4.72 Å². The van der Waals surface area contributed by atoms with Crippen LogP contribution in [-0.2, 0) is 15.8 Å². The number of Topliss-reactive ketones (excluding diaryl/α,β-unsaturated/α-hetero) is 1. The molecular formula is C19H18N2O4S. The Balaban J connectivity index is 1.91. The zero-order chi connectivity index (χ0) is 18.7. The van der Waals surface area contributed by atoms with E-state index in [1.165, 1.54) is 12.1 Å². The van der Waals surface area contributed by atoms with E-state index in [1.807, 2.05) is 25.1 Å². The topological polar surface area (TPSA) is 89.3 Å². The zero-order valence-corrected chi connectivity index (χ0v) is 15.0. The summed E-state index contributed by atoms with van der Waals surface area (Å²) in [5.74, 6) is 0.00163. The first kappa shape index (κ1) is 18.2. The molecule has 1 aliphatic rings. The lowest BCUT2D eigenvalue weighted by Gasteiger charge is -2.19. The quantitative estimate of drug-likeness (QED) is 0.622. The molecule has 0 amide bonds. The fourth-order valence-corrected chi connectivity index (χ4v) is 3.83. The molecule has 7 heteroatoms. The van der Waals surface area contributed by atoms with Crippen molar-refractivity contribution in [3.05, 3.63) is 81.4 Å². The predicted molar refractivity (Wildman–Crippen MR) is 98.9 cm³/mol. The lowest BCUT2D eigenvalue weighted by atomic mass is 9.98. The van der Waals surface area contributed by atoms with Crippen molar-refractivity contribution < 1.29 is 13.9 Å². The van der Waals surface area contributed by atoms with Crippen molar-refractivity contribution in [3.8, 4) is 0 Å². The van der Waals surface area contributed by atoms with E-state index in [9.17, 15) is 19.1 Å². The Bertz CT molecular complexity index is 889. The molecule has 0 saturated carbocycles. The summed E-state index contributed by atoms with van der Waals surface area (Å²) in [6.07, 6.45) is 2.92. The highest BCUT2D eigenvalue weighted by Gasteiger charge is 2.27. The maximum Gasteiger partial charge on any atom is 0.269 e. The summed E-state index contributed by atoms with van der Waals surface area (Å²) in [7, 11) is -1.52.